The molecule has 2 aromatic heterocycles. The molecule has 0 fully saturated rings. The average molecular weight is 509 g/mol. The standard InChI is InChI=1S/C22H20N8O5S/c1-35-19(31)18-12-14(10-11-25-18)13-2-4-16(5-3-13)27-22(32)30-20(23)28-21(29-30)26-15-6-8-17(9-7-15)36(24,33)34/h2-12H,1H3,(H,27,32)(H2,24,33,34)(H3,23,26,28,29). The monoisotopic (exact) mass is 508 g/mol. The van der Waals surface area contributed by atoms with Gasteiger partial charge in [-0.1, -0.05) is 12.1 Å². The number of methoxy groups -OCH3 is 1. The molecule has 0 bridgehead atoms. The molecule has 0 aliphatic carbocycles. The Kier molecular flexibility index (Phi) is 6.62. The Balaban J connectivity index is 1.44. The number of carbonyl (C=O) groups excluding carboxylic acids is 2. The van der Waals surface area contributed by atoms with Crippen LogP contribution in [0.2, 0.25) is 0 Å². The van der Waals surface area contributed by atoms with E-state index < -0.39 is 22.0 Å². The first-order valence-corrected chi connectivity index (χ1v) is 11.8. The lowest BCUT2D eigenvalue weighted by molar-refractivity contribution is 0.0594. The molecule has 4 aromatic rings. The molecule has 0 spiro atoms. The van der Waals surface area contributed by atoms with E-state index in [1.54, 1.807) is 36.4 Å². The van der Waals surface area contributed by atoms with Gasteiger partial charge in [0.25, 0.3) is 0 Å². The minimum absolute atomic E-state index is 0.0282. The lowest BCUT2D eigenvalue weighted by atomic mass is 10.1. The van der Waals surface area contributed by atoms with E-state index in [2.05, 4.69) is 25.7 Å². The maximum absolute atomic E-state index is 12.7. The van der Waals surface area contributed by atoms with E-state index in [0.717, 1.165) is 15.8 Å². The number of aromatic nitrogens is 4. The van der Waals surface area contributed by atoms with Crippen molar-refractivity contribution >= 4 is 45.3 Å². The van der Waals surface area contributed by atoms with Crippen LogP contribution < -0.4 is 21.5 Å². The smallest absolute Gasteiger partial charge is 0.356 e. The molecule has 0 saturated carbocycles. The normalized spacial score (nSPS) is 11.1. The number of esters is 1. The van der Waals surface area contributed by atoms with E-state index in [-0.39, 0.29) is 22.5 Å². The third-order valence-electron chi connectivity index (χ3n) is 4.89. The Hall–Kier alpha value is -4.82. The first kappa shape index (κ1) is 24.3. The second-order valence-corrected chi connectivity index (χ2v) is 8.89. The van der Waals surface area contributed by atoms with Crippen LogP contribution >= 0.6 is 0 Å². The van der Waals surface area contributed by atoms with Gasteiger partial charge >= 0.3 is 12.0 Å². The van der Waals surface area contributed by atoms with Crippen molar-refractivity contribution in [2.45, 2.75) is 4.90 Å². The van der Waals surface area contributed by atoms with E-state index in [9.17, 15) is 18.0 Å². The molecule has 14 heteroatoms. The van der Waals surface area contributed by atoms with Crippen LogP contribution in [0.3, 0.4) is 0 Å². The van der Waals surface area contributed by atoms with Crippen molar-refractivity contribution in [3.8, 4) is 11.1 Å². The van der Waals surface area contributed by atoms with Crippen LogP contribution in [0.1, 0.15) is 10.5 Å². The molecule has 0 radical (unpaired) electrons. The van der Waals surface area contributed by atoms with Crippen LogP contribution in [0.25, 0.3) is 11.1 Å². The van der Waals surface area contributed by atoms with Crippen molar-refractivity contribution < 1.29 is 22.7 Å². The SMILES string of the molecule is COC(=O)c1cc(-c2ccc(NC(=O)n3nc(Nc4ccc(S(N)(=O)=O)cc4)nc3N)cc2)ccn1. The zero-order valence-corrected chi connectivity index (χ0v) is 19.6. The van der Waals surface area contributed by atoms with Gasteiger partial charge in [-0.3, -0.25) is 0 Å². The maximum Gasteiger partial charge on any atom is 0.356 e. The number of anilines is 4. The van der Waals surface area contributed by atoms with Crippen molar-refractivity contribution in [2.75, 3.05) is 23.5 Å². The summed E-state index contributed by atoms with van der Waals surface area (Å²) in [5, 5.41) is 14.6. The molecule has 0 aliphatic rings. The highest BCUT2D eigenvalue weighted by atomic mass is 32.2. The topological polar surface area (TPSA) is 197 Å². The molecule has 0 aliphatic heterocycles. The van der Waals surface area contributed by atoms with Gasteiger partial charge in [-0.2, -0.15) is 4.98 Å². The van der Waals surface area contributed by atoms with Crippen molar-refractivity contribution in [3.05, 3.63) is 72.6 Å². The number of carbonyl (C=O) groups is 2. The molecule has 2 heterocycles. The Morgan fingerprint density at radius 2 is 1.64 bits per heavy atom. The van der Waals surface area contributed by atoms with Crippen LogP contribution in [0.15, 0.2) is 71.8 Å². The number of nitrogen functional groups attached to an aromatic ring is 1. The van der Waals surface area contributed by atoms with E-state index in [1.807, 2.05) is 0 Å². The first-order valence-electron chi connectivity index (χ1n) is 10.2. The molecule has 184 valence electrons. The Morgan fingerprint density at radius 1 is 0.972 bits per heavy atom. The molecular formula is C22H20N8O5S. The van der Waals surface area contributed by atoms with Crippen molar-refractivity contribution in [1.82, 2.24) is 19.7 Å². The third kappa shape index (κ3) is 5.45. The number of hydrogen-bond donors (Lipinski definition) is 4. The van der Waals surface area contributed by atoms with Crippen molar-refractivity contribution in [3.63, 3.8) is 0 Å². The zero-order valence-electron chi connectivity index (χ0n) is 18.7. The molecule has 0 saturated heterocycles. The van der Waals surface area contributed by atoms with Crippen molar-refractivity contribution in [2.24, 2.45) is 5.14 Å². The average Bonchev–Trinajstić information content (AvgIpc) is 3.23. The predicted octanol–water partition coefficient (Wildman–Crippen LogP) is 2.18. The molecule has 0 unspecified atom stereocenters. The number of nitrogens with two attached hydrogens (primary N) is 2. The quantitative estimate of drug-likeness (QED) is 0.280. The molecule has 0 atom stereocenters. The maximum atomic E-state index is 12.7. The van der Waals surface area contributed by atoms with Gasteiger partial charge in [0.2, 0.25) is 21.9 Å². The summed E-state index contributed by atoms with van der Waals surface area (Å²) in [4.78, 5) is 32.3. The molecular weight excluding hydrogens is 488 g/mol. The third-order valence-corrected chi connectivity index (χ3v) is 5.82. The summed E-state index contributed by atoms with van der Waals surface area (Å²) in [5.41, 5.74) is 8.48. The molecule has 4 rings (SSSR count). The Morgan fingerprint density at radius 3 is 2.28 bits per heavy atom. The molecule has 6 N–H and O–H groups in total. The fourth-order valence-electron chi connectivity index (χ4n) is 3.13. The Labute approximate surface area is 205 Å². The number of rotatable bonds is 6. The number of benzene rings is 2. The first-order chi connectivity index (χ1) is 17.1. The molecule has 1 amide bonds. The fourth-order valence-corrected chi connectivity index (χ4v) is 3.65. The number of ether oxygens (including phenoxy) is 1. The van der Waals surface area contributed by atoms with Crippen LogP contribution in [-0.2, 0) is 14.8 Å². The van der Waals surface area contributed by atoms with Gasteiger partial charge in [0.1, 0.15) is 5.69 Å². The van der Waals surface area contributed by atoms with Crippen LogP contribution in [0.5, 0.6) is 0 Å². The number of sulfonamides is 1. The highest BCUT2D eigenvalue weighted by Crippen LogP contribution is 2.22. The fraction of sp³-hybridized carbons (Fsp3) is 0.0455. The van der Waals surface area contributed by atoms with E-state index in [4.69, 9.17) is 15.6 Å². The van der Waals surface area contributed by atoms with Crippen LogP contribution in [0.4, 0.5) is 28.1 Å². The van der Waals surface area contributed by atoms with E-state index >= 15 is 0 Å². The molecule has 13 nitrogen and oxygen atoms in total. The zero-order chi connectivity index (χ0) is 25.9. The molecule has 2 aromatic carbocycles. The molecule has 36 heavy (non-hydrogen) atoms. The van der Waals surface area contributed by atoms with Gasteiger partial charge in [-0.15, -0.1) is 9.78 Å². The minimum Gasteiger partial charge on any atom is -0.464 e. The summed E-state index contributed by atoms with van der Waals surface area (Å²) in [6.45, 7) is 0. The number of nitrogens with one attached hydrogen (secondary N) is 2. The van der Waals surface area contributed by atoms with E-state index in [1.165, 1.54) is 37.6 Å². The van der Waals surface area contributed by atoms with Gasteiger partial charge in [0, 0.05) is 17.6 Å². The second kappa shape index (κ2) is 9.81. The van der Waals surface area contributed by atoms with Gasteiger partial charge in [-0.05, 0) is 59.7 Å². The number of pyridine rings is 1. The van der Waals surface area contributed by atoms with Crippen LogP contribution in [-0.4, -0.2) is 47.3 Å². The second-order valence-electron chi connectivity index (χ2n) is 7.33. The highest BCUT2D eigenvalue weighted by molar-refractivity contribution is 7.89. The summed E-state index contributed by atoms with van der Waals surface area (Å²) in [6.07, 6.45) is 1.50. The summed E-state index contributed by atoms with van der Waals surface area (Å²) in [5.74, 6) is -0.680. The predicted molar refractivity (Wildman–Crippen MR) is 131 cm³/mol. The summed E-state index contributed by atoms with van der Waals surface area (Å²) < 4.78 is 28.3. The highest BCUT2D eigenvalue weighted by Gasteiger charge is 2.15. The lowest BCUT2D eigenvalue weighted by Crippen LogP contribution is -2.22. The van der Waals surface area contributed by atoms with Crippen molar-refractivity contribution in [1.29, 1.82) is 0 Å². The van der Waals surface area contributed by atoms with Gasteiger partial charge < -0.3 is 21.1 Å². The number of primary sulfonamides is 1. The summed E-state index contributed by atoms with van der Waals surface area (Å²) in [6, 6.07) is 15.1. The van der Waals surface area contributed by atoms with Gasteiger partial charge in [0.15, 0.2) is 0 Å². The van der Waals surface area contributed by atoms with Gasteiger partial charge in [0.05, 0.1) is 12.0 Å². The van der Waals surface area contributed by atoms with Gasteiger partial charge in [-0.25, -0.2) is 28.1 Å². The summed E-state index contributed by atoms with van der Waals surface area (Å²) in [7, 11) is -2.54. The van der Waals surface area contributed by atoms with E-state index in [0.29, 0.717) is 11.4 Å². The number of amides is 1. The largest absolute Gasteiger partial charge is 0.464 e. The number of nitrogens with zero attached hydrogens (tertiary/aromatic N) is 4. The summed E-state index contributed by atoms with van der Waals surface area (Å²) >= 11 is 0. The number of hydrogen-bond acceptors (Lipinski definition) is 10. The Bertz CT molecular complexity index is 1530. The lowest BCUT2D eigenvalue weighted by Gasteiger charge is -2.08. The minimum atomic E-state index is -3.82. The van der Waals surface area contributed by atoms with Crippen LogP contribution in [0, 0.1) is 0 Å².